The molecule has 1 fully saturated rings. The highest BCUT2D eigenvalue weighted by Gasteiger charge is 2.17. The maximum atomic E-state index is 12.3. The van der Waals surface area contributed by atoms with Gasteiger partial charge in [0.25, 0.3) is 10.0 Å². The summed E-state index contributed by atoms with van der Waals surface area (Å²) < 4.78 is 27.0. The van der Waals surface area contributed by atoms with Gasteiger partial charge < -0.3 is 4.90 Å². The molecule has 6 nitrogen and oxygen atoms in total. The maximum Gasteiger partial charge on any atom is 0.263 e. The molecule has 0 amide bonds. The van der Waals surface area contributed by atoms with E-state index in [0.29, 0.717) is 0 Å². The van der Waals surface area contributed by atoms with Crippen molar-refractivity contribution in [3.63, 3.8) is 0 Å². The lowest BCUT2D eigenvalue weighted by Crippen LogP contribution is -2.18. The Hall–Kier alpha value is -1.86. The van der Waals surface area contributed by atoms with Crippen molar-refractivity contribution in [3.05, 3.63) is 41.6 Å². The number of aromatic nitrogens is 2. The largest absolute Gasteiger partial charge is 0.372 e. The van der Waals surface area contributed by atoms with Gasteiger partial charge in [0.1, 0.15) is 0 Å². The van der Waals surface area contributed by atoms with E-state index in [1.807, 2.05) is 12.1 Å². The third kappa shape index (κ3) is 3.31. The molecule has 1 aliphatic heterocycles. The first-order chi connectivity index (χ1) is 10.5. The highest BCUT2D eigenvalue weighted by Crippen LogP contribution is 2.23. The molecule has 1 saturated heterocycles. The minimum Gasteiger partial charge on any atom is -0.372 e. The van der Waals surface area contributed by atoms with Gasteiger partial charge in [-0.2, -0.15) is 0 Å². The van der Waals surface area contributed by atoms with Crippen LogP contribution in [-0.2, 0) is 10.0 Å². The Balaban J connectivity index is 1.78. The Kier molecular flexibility index (Phi) is 4.17. The van der Waals surface area contributed by atoms with Crippen LogP contribution in [0.25, 0.3) is 0 Å². The lowest BCUT2D eigenvalue weighted by Gasteiger charge is -2.17. The summed E-state index contributed by atoms with van der Waals surface area (Å²) in [5.41, 5.74) is 1.04. The number of nitrogens with one attached hydrogen (secondary N) is 1. The van der Waals surface area contributed by atoms with Crippen LogP contribution in [0.2, 0.25) is 5.15 Å². The van der Waals surface area contributed by atoms with Gasteiger partial charge in [-0.05, 0) is 49.2 Å². The van der Waals surface area contributed by atoms with Crippen molar-refractivity contribution in [1.29, 1.82) is 0 Å². The fraction of sp³-hybridized carbons (Fsp3) is 0.286. The Bertz CT molecular complexity index is 741. The summed E-state index contributed by atoms with van der Waals surface area (Å²) in [7, 11) is -3.68. The van der Waals surface area contributed by atoms with E-state index < -0.39 is 10.0 Å². The highest BCUT2D eigenvalue weighted by molar-refractivity contribution is 7.92. The fourth-order valence-electron chi connectivity index (χ4n) is 2.38. The van der Waals surface area contributed by atoms with Gasteiger partial charge in [0.2, 0.25) is 0 Å². The molecule has 2 heterocycles. The number of benzene rings is 1. The first kappa shape index (κ1) is 15.1. The normalized spacial score (nSPS) is 15.0. The first-order valence-electron chi connectivity index (χ1n) is 6.92. The Morgan fingerprint density at radius 2 is 1.68 bits per heavy atom. The van der Waals surface area contributed by atoms with E-state index in [9.17, 15) is 8.42 Å². The molecular weight excluding hydrogens is 324 g/mol. The topological polar surface area (TPSA) is 75.2 Å². The molecule has 0 saturated carbocycles. The third-order valence-corrected chi connectivity index (χ3v) is 5.06. The van der Waals surface area contributed by atoms with E-state index in [2.05, 4.69) is 19.8 Å². The standard InChI is InChI=1S/C14H15ClN4O2S/c15-13-7-8-14(17-16-13)18-22(20,21)12-5-3-11(4-6-12)19-9-1-2-10-19/h3-8H,1-2,9-10H2,(H,17,18). The SMILES string of the molecule is O=S(=O)(Nc1ccc(Cl)nn1)c1ccc(N2CCCC2)cc1. The molecule has 1 aromatic heterocycles. The van der Waals surface area contributed by atoms with Crippen LogP contribution in [0.4, 0.5) is 11.5 Å². The Morgan fingerprint density at radius 3 is 2.27 bits per heavy atom. The molecule has 0 unspecified atom stereocenters. The van der Waals surface area contributed by atoms with E-state index >= 15 is 0 Å². The minimum absolute atomic E-state index is 0.132. The van der Waals surface area contributed by atoms with Crippen molar-refractivity contribution in [2.75, 3.05) is 22.7 Å². The highest BCUT2D eigenvalue weighted by atomic mass is 35.5. The zero-order valence-electron chi connectivity index (χ0n) is 11.7. The number of nitrogens with zero attached hydrogens (tertiary/aromatic N) is 3. The van der Waals surface area contributed by atoms with Crippen LogP contribution in [0.5, 0.6) is 0 Å². The fourth-order valence-corrected chi connectivity index (χ4v) is 3.48. The average Bonchev–Trinajstić information content (AvgIpc) is 3.04. The molecule has 0 spiro atoms. The van der Waals surface area contributed by atoms with Crippen molar-refractivity contribution in [2.24, 2.45) is 0 Å². The van der Waals surface area contributed by atoms with Crippen molar-refractivity contribution in [2.45, 2.75) is 17.7 Å². The summed E-state index contributed by atoms with van der Waals surface area (Å²) in [5, 5.41) is 7.50. The molecule has 0 atom stereocenters. The molecule has 0 radical (unpaired) electrons. The van der Waals surface area contributed by atoms with Crippen LogP contribution in [-0.4, -0.2) is 31.7 Å². The zero-order valence-corrected chi connectivity index (χ0v) is 13.3. The van der Waals surface area contributed by atoms with Crippen LogP contribution >= 0.6 is 11.6 Å². The lowest BCUT2D eigenvalue weighted by molar-refractivity contribution is 0.601. The monoisotopic (exact) mass is 338 g/mol. The van der Waals surface area contributed by atoms with E-state index in [1.165, 1.54) is 25.0 Å². The average molecular weight is 339 g/mol. The number of halogens is 1. The number of anilines is 2. The van der Waals surface area contributed by atoms with E-state index in [0.717, 1.165) is 18.8 Å². The molecule has 0 bridgehead atoms. The van der Waals surface area contributed by atoms with E-state index in [4.69, 9.17) is 11.6 Å². The van der Waals surface area contributed by atoms with Gasteiger partial charge in [0, 0.05) is 18.8 Å². The summed E-state index contributed by atoms with van der Waals surface area (Å²) in [4.78, 5) is 2.43. The molecule has 22 heavy (non-hydrogen) atoms. The second-order valence-corrected chi connectivity index (χ2v) is 7.10. The molecular formula is C14H15ClN4O2S. The van der Waals surface area contributed by atoms with Gasteiger partial charge in [0.15, 0.2) is 11.0 Å². The van der Waals surface area contributed by atoms with Crippen LogP contribution < -0.4 is 9.62 Å². The van der Waals surface area contributed by atoms with Gasteiger partial charge in [-0.1, -0.05) is 11.6 Å². The number of hydrogen-bond acceptors (Lipinski definition) is 5. The van der Waals surface area contributed by atoms with Crippen LogP contribution in [0.1, 0.15) is 12.8 Å². The predicted molar refractivity (Wildman–Crippen MR) is 85.7 cm³/mol. The second-order valence-electron chi connectivity index (χ2n) is 5.03. The summed E-state index contributed by atoms with van der Waals surface area (Å²) in [6, 6.07) is 9.79. The van der Waals surface area contributed by atoms with E-state index in [1.54, 1.807) is 12.1 Å². The molecule has 1 N–H and O–H groups in total. The van der Waals surface area contributed by atoms with Crippen LogP contribution in [0, 0.1) is 0 Å². The number of hydrogen-bond donors (Lipinski definition) is 1. The number of sulfonamides is 1. The zero-order chi connectivity index (χ0) is 15.6. The van der Waals surface area contributed by atoms with Gasteiger partial charge in [-0.25, -0.2) is 8.42 Å². The molecule has 1 aromatic carbocycles. The van der Waals surface area contributed by atoms with Crippen LogP contribution in [0.15, 0.2) is 41.3 Å². The molecule has 116 valence electrons. The smallest absolute Gasteiger partial charge is 0.263 e. The van der Waals surface area contributed by atoms with Gasteiger partial charge in [-0.3, -0.25) is 4.72 Å². The third-order valence-electron chi connectivity index (χ3n) is 3.49. The quantitative estimate of drug-likeness (QED) is 0.927. The molecule has 3 rings (SSSR count). The van der Waals surface area contributed by atoms with Gasteiger partial charge in [0.05, 0.1) is 4.90 Å². The molecule has 8 heteroatoms. The number of rotatable bonds is 4. The molecule has 0 aliphatic carbocycles. The maximum absolute atomic E-state index is 12.3. The summed E-state index contributed by atoms with van der Waals surface area (Å²) in [6.45, 7) is 2.04. The Labute approximate surface area is 134 Å². The van der Waals surface area contributed by atoms with Gasteiger partial charge in [-0.15, -0.1) is 10.2 Å². The second kappa shape index (κ2) is 6.10. The summed E-state index contributed by atoms with van der Waals surface area (Å²) >= 11 is 5.62. The minimum atomic E-state index is -3.68. The lowest BCUT2D eigenvalue weighted by atomic mass is 10.3. The van der Waals surface area contributed by atoms with Gasteiger partial charge >= 0.3 is 0 Å². The van der Waals surface area contributed by atoms with Crippen LogP contribution in [0.3, 0.4) is 0 Å². The predicted octanol–water partition coefficient (Wildman–Crippen LogP) is 2.53. The van der Waals surface area contributed by atoms with Crippen molar-refractivity contribution in [3.8, 4) is 0 Å². The summed E-state index contributed by atoms with van der Waals surface area (Å²) in [6.07, 6.45) is 2.35. The summed E-state index contributed by atoms with van der Waals surface area (Å²) in [5.74, 6) is 0.132. The van der Waals surface area contributed by atoms with E-state index in [-0.39, 0.29) is 15.9 Å². The first-order valence-corrected chi connectivity index (χ1v) is 8.78. The van der Waals surface area contributed by atoms with Crippen molar-refractivity contribution in [1.82, 2.24) is 10.2 Å². The molecule has 2 aromatic rings. The van der Waals surface area contributed by atoms with Crippen molar-refractivity contribution >= 4 is 33.1 Å². The van der Waals surface area contributed by atoms with Crippen molar-refractivity contribution < 1.29 is 8.42 Å². The molecule has 1 aliphatic rings. The Morgan fingerprint density at radius 1 is 1.00 bits per heavy atom.